The summed E-state index contributed by atoms with van der Waals surface area (Å²) in [4.78, 5) is 16.8. The molecule has 0 unspecified atom stereocenters. The fourth-order valence-electron chi connectivity index (χ4n) is 4.10. The van der Waals surface area contributed by atoms with Crippen molar-refractivity contribution < 1.29 is 19.0 Å². The molecule has 0 saturated heterocycles. The van der Waals surface area contributed by atoms with E-state index in [4.69, 9.17) is 14.2 Å². The molecule has 28 heavy (non-hydrogen) atoms. The number of hydrogen-bond acceptors (Lipinski definition) is 5. The first-order valence-corrected chi connectivity index (χ1v) is 10.4. The molecule has 0 aliphatic carbocycles. The fourth-order valence-corrected chi connectivity index (χ4v) is 4.10. The number of amides is 1. The van der Waals surface area contributed by atoms with Crippen molar-refractivity contribution in [1.82, 2.24) is 4.90 Å². The second-order valence-electron chi connectivity index (χ2n) is 8.49. The third kappa shape index (κ3) is 4.54. The second-order valence-corrected chi connectivity index (χ2v) is 8.49. The van der Waals surface area contributed by atoms with Gasteiger partial charge in [-0.05, 0) is 62.8 Å². The number of methoxy groups -OCH3 is 1. The highest BCUT2D eigenvalue weighted by molar-refractivity contribution is 5.71. The number of carbonyl (C=O) groups excluding carboxylic acids is 1. The summed E-state index contributed by atoms with van der Waals surface area (Å²) < 4.78 is 16.9. The molecule has 0 bridgehead atoms. The van der Waals surface area contributed by atoms with E-state index in [1.165, 1.54) is 22.4 Å². The van der Waals surface area contributed by atoms with Crippen LogP contribution in [0.25, 0.3) is 0 Å². The van der Waals surface area contributed by atoms with Gasteiger partial charge in [-0.2, -0.15) is 0 Å². The van der Waals surface area contributed by atoms with Crippen molar-refractivity contribution in [3.63, 3.8) is 0 Å². The lowest BCUT2D eigenvalue weighted by molar-refractivity contribution is 0.0258. The Balaban J connectivity index is 1.87. The molecular weight excluding hydrogens is 356 g/mol. The molecule has 2 aliphatic rings. The second kappa shape index (κ2) is 8.60. The average Bonchev–Trinajstić information content (AvgIpc) is 2.85. The van der Waals surface area contributed by atoms with Crippen LogP contribution in [0.15, 0.2) is 6.07 Å². The van der Waals surface area contributed by atoms with Crippen molar-refractivity contribution >= 4 is 11.8 Å². The summed E-state index contributed by atoms with van der Waals surface area (Å²) in [6, 6.07) is 2.20. The molecule has 2 aliphatic heterocycles. The molecular formula is C22H34N2O4. The van der Waals surface area contributed by atoms with Gasteiger partial charge in [-0.15, -0.1) is 0 Å². The SMILES string of the molecule is CCc1c2c(cc3c1N(CCOC)CCO3)CCN(C(=O)OC(C)(C)C)CC2. The topological polar surface area (TPSA) is 51.2 Å². The van der Waals surface area contributed by atoms with Gasteiger partial charge in [0, 0.05) is 26.7 Å². The quantitative estimate of drug-likeness (QED) is 0.788. The molecule has 1 aromatic rings. The van der Waals surface area contributed by atoms with Crippen molar-refractivity contribution in [3.05, 3.63) is 22.8 Å². The molecule has 0 N–H and O–H groups in total. The van der Waals surface area contributed by atoms with E-state index in [0.29, 0.717) is 26.3 Å². The van der Waals surface area contributed by atoms with Crippen molar-refractivity contribution in [2.24, 2.45) is 0 Å². The number of carbonyl (C=O) groups is 1. The maximum atomic E-state index is 12.6. The third-order valence-electron chi connectivity index (χ3n) is 5.36. The summed E-state index contributed by atoms with van der Waals surface area (Å²) in [5, 5.41) is 0. The summed E-state index contributed by atoms with van der Waals surface area (Å²) in [5.74, 6) is 0.976. The number of anilines is 1. The molecule has 0 atom stereocenters. The highest BCUT2D eigenvalue weighted by atomic mass is 16.6. The van der Waals surface area contributed by atoms with E-state index in [9.17, 15) is 4.79 Å². The molecule has 3 rings (SSSR count). The highest BCUT2D eigenvalue weighted by Gasteiger charge is 2.29. The zero-order valence-corrected chi connectivity index (χ0v) is 18.0. The van der Waals surface area contributed by atoms with Gasteiger partial charge in [0.05, 0.1) is 18.8 Å². The van der Waals surface area contributed by atoms with Gasteiger partial charge in [-0.1, -0.05) is 6.92 Å². The summed E-state index contributed by atoms with van der Waals surface area (Å²) >= 11 is 0. The summed E-state index contributed by atoms with van der Waals surface area (Å²) in [5.41, 5.74) is 4.78. The lowest BCUT2D eigenvalue weighted by Gasteiger charge is -2.34. The van der Waals surface area contributed by atoms with Gasteiger partial charge in [-0.25, -0.2) is 4.79 Å². The lowest BCUT2D eigenvalue weighted by atomic mass is 9.92. The van der Waals surface area contributed by atoms with Crippen LogP contribution < -0.4 is 9.64 Å². The van der Waals surface area contributed by atoms with Crippen LogP contribution in [0, 0.1) is 0 Å². The largest absolute Gasteiger partial charge is 0.490 e. The Morgan fingerprint density at radius 2 is 1.96 bits per heavy atom. The minimum absolute atomic E-state index is 0.221. The standard InChI is InChI=1S/C22H34N2O4/c1-6-17-18-8-10-24(21(25)28-22(2,3)4)9-7-16(18)15-19-20(17)23(11-13-26-5)12-14-27-19/h15H,6-14H2,1-5H3. The van der Waals surface area contributed by atoms with Crippen molar-refractivity contribution in [1.29, 1.82) is 0 Å². The third-order valence-corrected chi connectivity index (χ3v) is 5.36. The summed E-state index contributed by atoms with van der Waals surface area (Å²) in [6.45, 7) is 12.4. The summed E-state index contributed by atoms with van der Waals surface area (Å²) in [7, 11) is 1.74. The van der Waals surface area contributed by atoms with E-state index in [1.807, 2.05) is 25.7 Å². The Morgan fingerprint density at radius 1 is 1.21 bits per heavy atom. The Kier molecular flexibility index (Phi) is 6.38. The zero-order valence-electron chi connectivity index (χ0n) is 18.0. The molecule has 6 heteroatoms. The fraction of sp³-hybridized carbons (Fsp3) is 0.682. The van der Waals surface area contributed by atoms with Gasteiger partial charge in [0.15, 0.2) is 0 Å². The van der Waals surface area contributed by atoms with Crippen LogP contribution in [-0.2, 0) is 28.7 Å². The molecule has 2 heterocycles. The zero-order chi connectivity index (χ0) is 20.3. The van der Waals surface area contributed by atoms with Crippen LogP contribution in [0.5, 0.6) is 5.75 Å². The molecule has 0 saturated carbocycles. The van der Waals surface area contributed by atoms with E-state index in [-0.39, 0.29) is 6.09 Å². The Bertz CT molecular complexity index is 711. The average molecular weight is 391 g/mol. The number of hydrogen-bond donors (Lipinski definition) is 0. The van der Waals surface area contributed by atoms with Crippen molar-refractivity contribution in [2.75, 3.05) is 51.4 Å². The molecule has 0 fully saturated rings. The van der Waals surface area contributed by atoms with E-state index in [1.54, 1.807) is 7.11 Å². The van der Waals surface area contributed by atoms with Crippen LogP contribution in [0.4, 0.5) is 10.5 Å². The molecule has 6 nitrogen and oxygen atoms in total. The smallest absolute Gasteiger partial charge is 0.410 e. The maximum Gasteiger partial charge on any atom is 0.410 e. The summed E-state index contributed by atoms with van der Waals surface area (Å²) in [6.07, 6.45) is 2.41. The van der Waals surface area contributed by atoms with Gasteiger partial charge in [0.2, 0.25) is 0 Å². The predicted molar refractivity (Wildman–Crippen MR) is 111 cm³/mol. The van der Waals surface area contributed by atoms with Crippen LogP contribution in [0.3, 0.4) is 0 Å². The van der Waals surface area contributed by atoms with Crippen LogP contribution >= 0.6 is 0 Å². The number of fused-ring (bicyclic) bond motifs is 2. The predicted octanol–water partition coefficient (Wildman–Crippen LogP) is 3.43. The molecule has 1 aromatic carbocycles. The molecule has 156 valence electrons. The van der Waals surface area contributed by atoms with E-state index < -0.39 is 5.60 Å². The lowest BCUT2D eigenvalue weighted by Crippen LogP contribution is -2.38. The van der Waals surface area contributed by atoms with Crippen LogP contribution in [0.1, 0.15) is 44.4 Å². The molecule has 0 spiro atoms. The number of ether oxygens (including phenoxy) is 3. The minimum Gasteiger partial charge on any atom is -0.490 e. The minimum atomic E-state index is -0.473. The van der Waals surface area contributed by atoms with Gasteiger partial charge in [0.25, 0.3) is 0 Å². The van der Waals surface area contributed by atoms with E-state index in [2.05, 4.69) is 17.9 Å². The van der Waals surface area contributed by atoms with Crippen LogP contribution in [0.2, 0.25) is 0 Å². The normalized spacial score (nSPS) is 16.8. The van der Waals surface area contributed by atoms with Crippen molar-refractivity contribution in [2.45, 2.75) is 52.6 Å². The Labute approximate surface area is 168 Å². The van der Waals surface area contributed by atoms with Crippen molar-refractivity contribution in [3.8, 4) is 5.75 Å². The first-order valence-electron chi connectivity index (χ1n) is 10.4. The Morgan fingerprint density at radius 3 is 2.64 bits per heavy atom. The van der Waals surface area contributed by atoms with Gasteiger partial charge in [0.1, 0.15) is 18.0 Å². The highest BCUT2D eigenvalue weighted by Crippen LogP contribution is 2.40. The number of benzene rings is 1. The number of nitrogens with zero attached hydrogens (tertiary/aromatic N) is 2. The van der Waals surface area contributed by atoms with Gasteiger partial charge >= 0.3 is 6.09 Å². The maximum absolute atomic E-state index is 12.6. The molecule has 0 radical (unpaired) electrons. The Hall–Kier alpha value is -1.95. The van der Waals surface area contributed by atoms with Gasteiger partial charge < -0.3 is 24.0 Å². The van der Waals surface area contributed by atoms with E-state index in [0.717, 1.165) is 38.1 Å². The number of rotatable bonds is 4. The van der Waals surface area contributed by atoms with Crippen LogP contribution in [-0.4, -0.2) is 63.1 Å². The molecule has 1 amide bonds. The monoisotopic (exact) mass is 390 g/mol. The van der Waals surface area contributed by atoms with Gasteiger partial charge in [-0.3, -0.25) is 0 Å². The molecule has 0 aromatic heterocycles. The van der Waals surface area contributed by atoms with E-state index >= 15 is 0 Å². The first-order chi connectivity index (χ1) is 13.3. The first kappa shape index (κ1) is 20.8.